The second-order valence-electron chi connectivity index (χ2n) is 4.71. The summed E-state index contributed by atoms with van der Waals surface area (Å²) in [6.45, 7) is 1.62. The van der Waals surface area contributed by atoms with Gasteiger partial charge in [0.05, 0.1) is 18.3 Å². The molecule has 0 aliphatic heterocycles. The Morgan fingerprint density at radius 3 is 2.70 bits per heavy atom. The first-order valence-corrected chi connectivity index (χ1v) is 6.16. The molecule has 2 rings (SSSR count). The van der Waals surface area contributed by atoms with Gasteiger partial charge in [-0.25, -0.2) is 4.39 Å². The van der Waals surface area contributed by atoms with E-state index in [0.29, 0.717) is 5.56 Å². The van der Waals surface area contributed by atoms with Crippen molar-refractivity contribution >= 4 is 5.91 Å². The summed E-state index contributed by atoms with van der Waals surface area (Å²) in [7, 11) is 0. The Morgan fingerprint density at radius 2 is 2.05 bits per heavy atom. The molecule has 1 atom stereocenters. The van der Waals surface area contributed by atoms with Crippen LogP contribution < -0.4 is 5.32 Å². The maximum absolute atomic E-state index is 13.0. The number of carbonyl (C=O) groups is 1. The minimum Gasteiger partial charge on any atom is -0.384 e. The normalized spacial score (nSPS) is 13.6. The minimum absolute atomic E-state index is 0.0202. The molecule has 1 aromatic carbocycles. The van der Waals surface area contributed by atoms with Crippen LogP contribution in [0.2, 0.25) is 0 Å². The number of rotatable bonds is 4. The highest BCUT2D eigenvalue weighted by molar-refractivity contribution is 5.93. The van der Waals surface area contributed by atoms with Gasteiger partial charge in [0.1, 0.15) is 11.4 Å². The third kappa shape index (κ3) is 3.39. The van der Waals surface area contributed by atoms with Crippen LogP contribution in [0.1, 0.15) is 22.8 Å². The van der Waals surface area contributed by atoms with Gasteiger partial charge in [-0.1, -0.05) is 30.3 Å². The summed E-state index contributed by atoms with van der Waals surface area (Å²) < 4.78 is 13.0. The molecule has 2 aromatic rings. The van der Waals surface area contributed by atoms with Gasteiger partial charge in [-0.2, -0.15) is 0 Å². The molecule has 1 unspecified atom stereocenters. The standard InChI is InChI=1S/C15H15FN2O2/c1-15(20,12-5-3-2-4-6-12)10-18-14(19)11-7-13(16)9-17-8-11/h2-9,20H,10H2,1H3,(H,18,19). The second kappa shape index (κ2) is 5.79. The molecule has 0 aliphatic carbocycles. The molecule has 1 amide bonds. The van der Waals surface area contributed by atoms with Crippen molar-refractivity contribution in [3.63, 3.8) is 0 Å². The van der Waals surface area contributed by atoms with Crippen molar-refractivity contribution < 1.29 is 14.3 Å². The third-order valence-corrected chi connectivity index (χ3v) is 2.96. The Kier molecular flexibility index (Phi) is 4.10. The van der Waals surface area contributed by atoms with Crippen LogP contribution in [0, 0.1) is 5.82 Å². The van der Waals surface area contributed by atoms with Crippen LogP contribution >= 0.6 is 0 Å². The lowest BCUT2D eigenvalue weighted by molar-refractivity contribution is 0.0526. The Balaban J connectivity index is 2.03. The molecule has 1 heterocycles. The van der Waals surface area contributed by atoms with Crippen molar-refractivity contribution in [3.8, 4) is 0 Å². The minimum atomic E-state index is -1.20. The zero-order valence-corrected chi connectivity index (χ0v) is 11.0. The van der Waals surface area contributed by atoms with E-state index < -0.39 is 17.3 Å². The SMILES string of the molecule is CC(O)(CNC(=O)c1cncc(F)c1)c1ccccc1. The van der Waals surface area contributed by atoms with E-state index in [1.807, 2.05) is 18.2 Å². The molecule has 0 saturated carbocycles. The number of amides is 1. The number of halogens is 1. The van der Waals surface area contributed by atoms with Crippen LogP contribution in [0.3, 0.4) is 0 Å². The molecule has 0 fully saturated rings. The van der Waals surface area contributed by atoms with Gasteiger partial charge in [0, 0.05) is 6.20 Å². The molecular formula is C15H15FN2O2. The van der Waals surface area contributed by atoms with Crippen LogP contribution in [0.4, 0.5) is 4.39 Å². The smallest absolute Gasteiger partial charge is 0.253 e. The van der Waals surface area contributed by atoms with E-state index in [2.05, 4.69) is 10.3 Å². The molecule has 1 aromatic heterocycles. The van der Waals surface area contributed by atoms with Crippen molar-refractivity contribution in [3.05, 3.63) is 65.7 Å². The van der Waals surface area contributed by atoms with Gasteiger partial charge in [-0.3, -0.25) is 9.78 Å². The van der Waals surface area contributed by atoms with Gasteiger partial charge in [0.15, 0.2) is 0 Å². The number of nitrogens with one attached hydrogen (secondary N) is 1. The lowest BCUT2D eigenvalue weighted by Gasteiger charge is -2.24. The summed E-state index contributed by atoms with van der Waals surface area (Å²) in [5.74, 6) is -1.05. The fourth-order valence-corrected chi connectivity index (χ4v) is 1.79. The van der Waals surface area contributed by atoms with E-state index in [-0.39, 0.29) is 12.1 Å². The molecule has 0 saturated heterocycles. The Bertz CT molecular complexity index is 600. The number of aromatic nitrogens is 1. The fourth-order valence-electron chi connectivity index (χ4n) is 1.79. The summed E-state index contributed by atoms with van der Waals surface area (Å²) in [6, 6.07) is 10.1. The average molecular weight is 274 g/mol. The molecule has 0 aliphatic rings. The van der Waals surface area contributed by atoms with Crippen LogP contribution in [0.15, 0.2) is 48.8 Å². The molecule has 5 heteroatoms. The first-order valence-electron chi connectivity index (χ1n) is 6.16. The molecule has 2 N–H and O–H groups in total. The van der Waals surface area contributed by atoms with Crippen molar-refractivity contribution in [2.24, 2.45) is 0 Å². The van der Waals surface area contributed by atoms with E-state index in [0.717, 1.165) is 12.3 Å². The third-order valence-electron chi connectivity index (χ3n) is 2.96. The lowest BCUT2D eigenvalue weighted by Crippen LogP contribution is -2.38. The Hall–Kier alpha value is -2.27. The molecule has 0 radical (unpaired) electrons. The van der Waals surface area contributed by atoms with Gasteiger partial charge in [-0.05, 0) is 18.6 Å². The predicted octanol–water partition coefficient (Wildman–Crippen LogP) is 1.86. The van der Waals surface area contributed by atoms with Crippen LogP contribution in [0.25, 0.3) is 0 Å². The number of hydrogen-bond donors (Lipinski definition) is 2. The summed E-state index contributed by atoms with van der Waals surface area (Å²) in [4.78, 5) is 15.5. The monoisotopic (exact) mass is 274 g/mol. The molecular weight excluding hydrogens is 259 g/mol. The molecule has 20 heavy (non-hydrogen) atoms. The average Bonchev–Trinajstić information content (AvgIpc) is 2.46. The number of carbonyl (C=O) groups excluding carboxylic acids is 1. The first kappa shape index (κ1) is 14.1. The van der Waals surface area contributed by atoms with E-state index in [9.17, 15) is 14.3 Å². The maximum Gasteiger partial charge on any atom is 0.253 e. The largest absolute Gasteiger partial charge is 0.384 e. The Labute approximate surface area is 116 Å². The van der Waals surface area contributed by atoms with E-state index >= 15 is 0 Å². The number of nitrogens with zero attached hydrogens (tertiary/aromatic N) is 1. The van der Waals surface area contributed by atoms with Crippen molar-refractivity contribution in [2.45, 2.75) is 12.5 Å². The van der Waals surface area contributed by atoms with Gasteiger partial charge in [0.25, 0.3) is 5.91 Å². The molecule has 0 spiro atoms. The highest BCUT2D eigenvalue weighted by Gasteiger charge is 2.23. The zero-order valence-electron chi connectivity index (χ0n) is 11.0. The van der Waals surface area contributed by atoms with Crippen LogP contribution in [0.5, 0.6) is 0 Å². The Morgan fingerprint density at radius 1 is 1.35 bits per heavy atom. The molecule has 0 bridgehead atoms. The summed E-state index contributed by atoms with van der Waals surface area (Å²) in [6.07, 6.45) is 2.30. The van der Waals surface area contributed by atoms with Gasteiger partial charge in [-0.15, -0.1) is 0 Å². The molecule has 4 nitrogen and oxygen atoms in total. The summed E-state index contributed by atoms with van der Waals surface area (Å²) in [5.41, 5.74) is -0.385. The topological polar surface area (TPSA) is 62.2 Å². The number of hydrogen-bond acceptors (Lipinski definition) is 3. The second-order valence-corrected chi connectivity index (χ2v) is 4.71. The maximum atomic E-state index is 13.0. The lowest BCUT2D eigenvalue weighted by atomic mass is 9.96. The molecule has 104 valence electrons. The van der Waals surface area contributed by atoms with Crippen molar-refractivity contribution in [1.82, 2.24) is 10.3 Å². The number of pyridine rings is 1. The fraction of sp³-hybridized carbons (Fsp3) is 0.200. The number of aliphatic hydroxyl groups is 1. The summed E-state index contributed by atoms with van der Waals surface area (Å²) in [5, 5.41) is 12.9. The first-order chi connectivity index (χ1) is 9.49. The van der Waals surface area contributed by atoms with Crippen molar-refractivity contribution in [1.29, 1.82) is 0 Å². The van der Waals surface area contributed by atoms with E-state index in [1.54, 1.807) is 19.1 Å². The van der Waals surface area contributed by atoms with Crippen molar-refractivity contribution in [2.75, 3.05) is 6.54 Å². The van der Waals surface area contributed by atoms with E-state index in [1.165, 1.54) is 6.20 Å². The van der Waals surface area contributed by atoms with Gasteiger partial charge in [0.2, 0.25) is 0 Å². The quantitative estimate of drug-likeness (QED) is 0.894. The number of benzene rings is 1. The van der Waals surface area contributed by atoms with Crippen LogP contribution in [-0.2, 0) is 5.60 Å². The van der Waals surface area contributed by atoms with Gasteiger partial charge < -0.3 is 10.4 Å². The highest BCUT2D eigenvalue weighted by Crippen LogP contribution is 2.19. The summed E-state index contributed by atoms with van der Waals surface area (Å²) >= 11 is 0. The van der Waals surface area contributed by atoms with Gasteiger partial charge >= 0.3 is 0 Å². The van der Waals surface area contributed by atoms with Crippen LogP contribution in [-0.4, -0.2) is 22.5 Å². The predicted molar refractivity (Wildman–Crippen MR) is 72.5 cm³/mol. The van der Waals surface area contributed by atoms with E-state index in [4.69, 9.17) is 0 Å². The highest BCUT2D eigenvalue weighted by atomic mass is 19.1. The zero-order chi connectivity index (χ0) is 14.6.